The Bertz CT molecular complexity index is 1110. The van der Waals surface area contributed by atoms with Crippen LogP contribution in [-0.4, -0.2) is 48.6 Å². The molecule has 0 radical (unpaired) electrons. The van der Waals surface area contributed by atoms with Crippen molar-refractivity contribution in [3.8, 4) is 23.0 Å². The van der Waals surface area contributed by atoms with Crippen molar-refractivity contribution in [2.24, 2.45) is 4.99 Å². The number of anilines is 1. The zero-order valence-electron chi connectivity index (χ0n) is 18.7. The Hall–Kier alpha value is -3.15. The summed E-state index contributed by atoms with van der Waals surface area (Å²) in [4.78, 5) is 8.87. The Morgan fingerprint density at radius 2 is 1.76 bits per heavy atom. The molecule has 2 aliphatic rings. The number of imidazole rings is 1. The van der Waals surface area contributed by atoms with E-state index >= 15 is 0 Å². The van der Waals surface area contributed by atoms with E-state index in [4.69, 9.17) is 23.9 Å². The minimum absolute atomic E-state index is 0. The van der Waals surface area contributed by atoms with Gasteiger partial charge in [0.1, 0.15) is 0 Å². The summed E-state index contributed by atoms with van der Waals surface area (Å²) < 4.78 is 24.4. The Morgan fingerprint density at radius 3 is 2.65 bits per heavy atom. The zero-order valence-corrected chi connectivity index (χ0v) is 21.1. The highest BCUT2D eigenvalue weighted by Gasteiger charge is 2.14. The number of nitrogens with one attached hydrogen (secondary N) is 2. The summed E-state index contributed by atoms with van der Waals surface area (Å²) >= 11 is 0. The maximum Gasteiger partial charge on any atom is 0.231 e. The van der Waals surface area contributed by atoms with Crippen LogP contribution >= 0.6 is 24.0 Å². The van der Waals surface area contributed by atoms with Crippen LogP contribution in [0.5, 0.6) is 23.0 Å². The highest BCUT2D eigenvalue weighted by Crippen LogP contribution is 2.33. The van der Waals surface area contributed by atoms with Crippen molar-refractivity contribution < 1.29 is 18.9 Å². The molecule has 0 aliphatic carbocycles. The number of rotatable bonds is 7. The molecule has 0 saturated heterocycles. The van der Waals surface area contributed by atoms with E-state index in [1.54, 1.807) is 12.5 Å². The van der Waals surface area contributed by atoms with Gasteiger partial charge in [0.05, 0.1) is 19.5 Å². The van der Waals surface area contributed by atoms with Crippen LogP contribution in [0.4, 0.5) is 5.69 Å². The van der Waals surface area contributed by atoms with E-state index in [2.05, 4.69) is 15.6 Å². The lowest BCUT2D eigenvalue weighted by atomic mass is 10.1. The van der Waals surface area contributed by atoms with Crippen molar-refractivity contribution in [3.63, 3.8) is 0 Å². The molecule has 1 aromatic heterocycles. The lowest BCUT2D eigenvalue weighted by molar-refractivity contribution is 0.174. The number of ether oxygens (including phenoxy) is 4. The van der Waals surface area contributed by atoms with Gasteiger partial charge in [-0.3, -0.25) is 4.99 Å². The molecule has 0 fully saturated rings. The second kappa shape index (κ2) is 11.8. The summed E-state index contributed by atoms with van der Waals surface area (Å²) in [5.74, 6) is 3.80. The van der Waals surface area contributed by atoms with Gasteiger partial charge in [-0.2, -0.15) is 0 Å². The second-order valence-electron chi connectivity index (χ2n) is 7.73. The predicted molar refractivity (Wildman–Crippen MR) is 140 cm³/mol. The van der Waals surface area contributed by atoms with Crippen molar-refractivity contribution in [2.45, 2.75) is 19.4 Å². The Balaban J connectivity index is 0.00000274. The smallest absolute Gasteiger partial charge is 0.231 e. The topological polar surface area (TPSA) is 91.2 Å². The number of aliphatic imine (C=N–C) groups is 1. The molecule has 2 aliphatic heterocycles. The third-order valence-corrected chi connectivity index (χ3v) is 5.34. The summed E-state index contributed by atoms with van der Waals surface area (Å²) in [5, 5.41) is 6.79. The fourth-order valence-electron chi connectivity index (χ4n) is 3.63. The van der Waals surface area contributed by atoms with Gasteiger partial charge in [0, 0.05) is 50.2 Å². The molecule has 5 rings (SSSR count). The van der Waals surface area contributed by atoms with Crippen molar-refractivity contribution in [2.75, 3.05) is 38.4 Å². The average molecular weight is 577 g/mol. The summed E-state index contributed by atoms with van der Waals surface area (Å²) in [6.07, 6.45) is 7.17. The second-order valence-corrected chi connectivity index (χ2v) is 7.73. The first-order chi connectivity index (χ1) is 16.3. The molecule has 0 amide bonds. The highest BCUT2D eigenvalue weighted by molar-refractivity contribution is 14.0. The molecule has 0 bridgehead atoms. The number of hydrogen-bond acceptors (Lipinski definition) is 6. The van der Waals surface area contributed by atoms with E-state index in [1.807, 2.05) is 47.2 Å². The fraction of sp³-hybridized carbons (Fsp3) is 0.333. The van der Waals surface area contributed by atoms with Crippen LogP contribution in [0.2, 0.25) is 0 Å². The van der Waals surface area contributed by atoms with E-state index in [0.717, 1.165) is 53.6 Å². The molecule has 9 nitrogen and oxygen atoms in total. The molecule has 180 valence electrons. The van der Waals surface area contributed by atoms with E-state index in [0.29, 0.717) is 32.3 Å². The maximum atomic E-state index is 5.82. The minimum atomic E-state index is 0. The average Bonchev–Trinajstić information content (AvgIpc) is 3.46. The lowest BCUT2D eigenvalue weighted by Gasteiger charge is -2.15. The first kappa shape index (κ1) is 24.0. The monoisotopic (exact) mass is 577 g/mol. The molecule has 0 spiro atoms. The van der Waals surface area contributed by atoms with Crippen LogP contribution in [0.3, 0.4) is 0 Å². The molecule has 2 N–H and O–H groups in total. The number of benzene rings is 2. The van der Waals surface area contributed by atoms with Gasteiger partial charge in [0.25, 0.3) is 0 Å². The number of guanidine groups is 1. The quantitative estimate of drug-likeness (QED) is 0.252. The predicted octanol–water partition coefficient (Wildman–Crippen LogP) is 3.69. The molecule has 0 unspecified atom stereocenters. The van der Waals surface area contributed by atoms with Gasteiger partial charge in [-0.15, -0.1) is 24.0 Å². The third-order valence-electron chi connectivity index (χ3n) is 5.34. The SMILES string of the molecule is I.c1cn(CCNC(=NCCc2ccc3c(c2)OCO3)Nc2ccc3c(c2)OCCCO3)cn1. The fourth-order valence-corrected chi connectivity index (χ4v) is 3.63. The molecule has 34 heavy (non-hydrogen) atoms. The third kappa shape index (κ3) is 6.25. The van der Waals surface area contributed by atoms with E-state index in [9.17, 15) is 0 Å². The van der Waals surface area contributed by atoms with Crippen molar-refractivity contribution in [3.05, 3.63) is 60.7 Å². The maximum absolute atomic E-state index is 5.82. The first-order valence-corrected chi connectivity index (χ1v) is 11.1. The van der Waals surface area contributed by atoms with Crippen molar-refractivity contribution >= 4 is 35.6 Å². The van der Waals surface area contributed by atoms with Gasteiger partial charge in [-0.1, -0.05) is 6.07 Å². The molecule has 3 heterocycles. The van der Waals surface area contributed by atoms with Gasteiger partial charge in [0.15, 0.2) is 29.0 Å². The van der Waals surface area contributed by atoms with Crippen LogP contribution < -0.4 is 29.6 Å². The van der Waals surface area contributed by atoms with Gasteiger partial charge in [-0.25, -0.2) is 4.98 Å². The standard InChI is InChI=1S/C24H27N5O4.HI/c1-12-30-20-5-3-19(15-23(20)31-13-1)28-24(27-9-11-29-10-8-25-16-29)26-7-6-18-2-4-21-22(14-18)33-17-32-21;/h2-5,8,10,14-16H,1,6-7,9,11-13,17H2,(H2,26,27,28);1H. The summed E-state index contributed by atoms with van der Waals surface area (Å²) in [7, 11) is 0. The molecular formula is C24H28IN5O4. The zero-order chi connectivity index (χ0) is 22.3. The number of hydrogen-bond donors (Lipinski definition) is 2. The van der Waals surface area contributed by atoms with Gasteiger partial charge < -0.3 is 34.1 Å². The summed E-state index contributed by atoms with van der Waals surface area (Å²) in [6, 6.07) is 11.9. The Kier molecular flexibility index (Phi) is 8.34. The van der Waals surface area contributed by atoms with Crippen molar-refractivity contribution in [1.29, 1.82) is 0 Å². The number of nitrogens with zero attached hydrogens (tertiary/aromatic N) is 3. The molecule has 0 saturated carbocycles. The largest absolute Gasteiger partial charge is 0.490 e. The van der Waals surface area contributed by atoms with E-state index in [-0.39, 0.29) is 30.8 Å². The minimum Gasteiger partial charge on any atom is -0.490 e. The van der Waals surface area contributed by atoms with E-state index in [1.165, 1.54) is 0 Å². The van der Waals surface area contributed by atoms with E-state index < -0.39 is 0 Å². The lowest BCUT2D eigenvalue weighted by Crippen LogP contribution is -2.33. The number of halogens is 1. The normalized spacial score (nSPS) is 14.2. The van der Waals surface area contributed by atoms with Gasteiger partial charge in [0.2, 0.25) is 6.79 Å². The Labute approximate surface area is 215 Å². The molecule has 10 heteroatoms. The highest BCUT2D eigenvalue weighted by atomic mass is 127. The van der Waals surface area contributed by atoms with Gasteiger partial charge in [-0.05, 0) is 36.2 Å². The van der Waals surface area contributed by atoms with Crippen LogP contribution in [0.15, 0.2) is 60.1 Å². The molecule has 2 aromatic carbocycles. The van der Waals surface area contributed by atoms with Crippen molar-refractivity contribution in [1.82, 2.24) is 14.9 Å². The summed E-state index contributed by atoms with van der Waals surface area (Å²) in [5.41, 5.74) is 2.03. The van der Waals surface area contributed by atoms with Crippen LogP contribution in [-0.2, 0) is 13.0 Å². The molecule has 3 aromatic rings. The molecular weight excluding hydrogens is 549 g/mol. The van der Waals surface area contributed by atoms with Gasteiger partial charge >= 0.3 is 0 Å². The van der Waals surface area contributed by atoms with Crippen LogP contribution in [0, 0.1) is 0 Å². The number of aromatic nitrogens is 2. The van der Waals surface area contributed by atoms with Crippen LogP contribution in [0.25, 0.3) is 0 Å². The summed E-state index contributed by atoms with van der Waals surface area (Å²) in [6.45, 7) is 3.70. The Morgan fingerprint density at radius 1 is 0.971 bits per heavy atom. The first-order valence-electron chi connectivity index (χ1n) is 11.1. The van der Waals surface area contributed by atoms with Crippen LogP contribution in [0.1, 0.15) is 12.0 Å². The molecule has 0 atom stereocenters. The number of fused-ring (bicyclic) bond motifs is 2.